The van der Waals surface area contributed by atoms with Crippen molar-refractivity contribution >= 4 is 41.7 Å². The Kier molecular flexibility index (Phi) is 10.3. The molecule has 0 aliphatic heterocycles. The number of methoxy groups -OCH3 is 2. The molecule has 2 rings (SSSR count). The van der Waals surface area contributed by atoms with E-state index in [-0.39, 0.29) is 24.0 Å². The topological polar surface area (TPSA) is 68.9 Å². The van der Waals surface area contributed by atoms with Crippen LogP contribution in [0.25, 0.3) is 0 Å². The van der Waals surface area contributed by atoms with Crippen LogP contribution < -0.4 is 20.5 Å². The molecule has 0 heterocycles. The molecule has 1 atom stereocenters. The lowest BCUT2D eigenvalue weighted by atomic mass is 10.2. The molecule has 0 saturated carbocycles. The van der Waals surface area contributed by atoms with Crippen LogP contribution in [0, 0.1) is 0 Å². The number of nitrogens with two attached hydrogens (primary N) is 1. The van der Waals surface area contributed by atoms with Crippen molar-refractivity contribution in [1.82, 2.24) is 5.32 Å². The van der Waals surface area contributed by atoms with Gasteiger partial charge in [0.25, 0.3) is 0 Å². The summed E-state index contributed by atoms with van der Waals surface area (Å²) >= 11 is 1.81. The van der Waals surface area contributed by atoms with E-state index in [9.17, 15) is 0 Å². The summed E-state index contributed by atoms with van der Waals surface area (Å²) < 4.78 is 10.5. The molecule has 2 aromatic rings. The fraction of sp³-hybridized carbons (Fsp3) is 0.316. The van der Waals surface area contributed by atoms with Gasteiger partial charge in [-0.1, -0.05) is 31.2 Å². The number of hydrogen-bond acceptors (Lipinski definition) is 4. The van der Waals surface area contributed by atoms with E-state index < -0.39 is 0 Å². The molecule has 0 saturated heterocycles. The number of nitrogens with one attached hydrogen (secondary N) is 1. The minimum atomic E-state index is 0. The molecule has 0 amide bonds. The van der Waals surface area contributed by atoms with Crippen LogP contribution in [0.3, 0.4) is 0 Å². The van der Waals surface area contributed by atoms with Gasteiger partial charge in [-0.25, -0.2) is 4.99 Å². The van der Waals surface area contributed by atoms with Crippen molar-refractivity contribution in [1.29, 1.82) is 0 Å². The summed E-state index contributed by atoms with van der Waals surface area (Å²) in [7, 11) is 3.23. The Morgan fingerprint density at radius 1 is 1.12 bits per heavy atom. The Balaban J connectivity index is 0.00000338. The standard InChI is InChI=1S/C19H25N3O2S.HI/c1-14(25-16-7-5-4-6-8-16)12-21-19(20)22-13-15-9-10-17(23-2)18(11-15)24-3;/h4-11,14H,12-13H2,1-3H3,(H3,20,21,22);1H. The molecule has 0 aromatic heterocycles. The highest BCUT2D eigenvalue weighted by Gasteiger charge is 2.06. The first-order valence-corrected chi connectivity index (χ1v) is 8.96. The summed E-state index contributed by atoms with van der Waals surface area (Å²) in [6, 6.07) is 16.0. The highest BCUT2D eigenvalue weighted by Crippen LogP contribution is 2.27. The third-order valence-corrected chi connectivity index (χ3v) is 4.64. The van der Waals surface area contributed by atoms with E-state index in [1.165, 1.54) is 4.90 Å². The number of halogens is 1. The number of benzene rings is 2. The molecule has 2 aromatic carbocycles. The van der Waals surface area contributed by atoms with Gasteiger partial charge in [0.2, 0.25) is 0 Å². The Hall–Kier alpha value is -1.61. The summed E-state index contributed by atoms with van der Waals surface area (Å²) in [5, 5.41) is 3.56. The zero-order valence-electron chi connectivity index (χ0n) is 15.3. The summed E-state index contributed by atoms with van der Waals surface area (Å²) in [6.45, 7) is 3.40. The van der Waals surface area contributed by atoms with E-state index in [4.69, 9.17) is 15.2 Å². The first kappa shape index (κ1) is 22.4. The van der Waals surface area contributed by atoms with E-state index in [1.54, 1.807) is 26.0 Å². The molecular formula is C19H26IN3O2S. The second kappa shape index (κ2) is 11.9. The van der Waals surface area contributed by atoms with Crippen LogP contribution in [0.1, 0.15) is 12.5 Å². The van der Waals surface area contributed by atoms with Crippen LogP contribution in [-0.2, 0) is 6.54 Å². The van der Waals surface area contributed by atoms with Gasteiger partial charge in [0.05, 0.1) is 20.8 Å². The van der Waals surface area contributed by atoms with Crippen LogP contribution >= 0.6 is 35.7 Å². The lowest BCUT2D eigenvalue weighted by Crippen LogP contribution is -2.35. The zero-order chi connectivity index (χ0) is 18.1. The first-order valence-electron chi connectivity index (χ1n) is 8.08. The van der Waals surface area contributed by atoms with Crippen LogP contribution in [0.15, 0.2) is 58.4 Å². The van der Waals surface area contributed by atoms with Gasteiger partial charge in [0.15, 0.2) is 17.5 Å². The van der Waals surface area contributed by atoms with Gasteiger partial charge < -0.3 is 20.5 Å². The Bertz CT molecular complexity index is 698. The minimum Gasteiger partial charge on any atom is -0.493 e. The summed E-state index contributed by atoms with van der Waals surface area (Å²) in [6.07, 6.45) is 0. The number of rotatable bonds is 8. The van der Waals surface area contributed by atoms with Crippen molar-refractivity contribution in [3.63, 3.8) is 0 Å². The highest BCUT2D eigenvalue weighted by atomic mass is 127. The number of nitrogens with zero attached hydrogens (tertiary/aromatic N) is 1. The average molecular weight is 487 g/mol. The van der Waals surface area contributed by atoms with Crippen molar-refractivity contribution in [2.45, 2.75) is 23.6 Å². The molecule has 0 aliphatic carbocycles. The predicted molar refractivity (Wildman–Crippen MR) is 120 cm³/mol. The van der Waals surface area contributed by atoms with Crippen LogP contribution in [-0.4, -0.2) is 32.0 Å². The normalized spacial score (nSPS) is 12.0. The fourth-order valence-electron chi connectivity index (χ4n) is 2.23. The van der Waals surface area contributed by atoms with Crippen LogP contribution in [0.2, 0.25) is 0 Å². The van der Waals surface area contributed by atoms with Crippen molar-refractivity contribution < 1.29 is 9.47 Å². The lowest BCUT2D eigenvalue weighted by Gasteiger charge is -2.13. The van der Waals surface area contributed by atoms with E-state index in [2.05, 4.69) is 29.4 Å². The molecule has 0 fully saturated rings. The molecule has 0 aliphatic rings. The Labute approximate surface area is 176 Å². The van der Waals surface area contributed by atoms with Gasteiger partial charge in [-0.2, -0.15) is 0 Å². The Morgan fingerprint density at radius 2 is 1.81 bits per heavy atom. The summed E-state index contributed by atoms with van der Waals surface area (Å²) in [4.78, 5) is 5.63. The maximum Gasteiger partial charge on any atom is 0.188 e. The third-order valence-electron chi connectivity index (χ3n) is 3.53. The van der Waals surface area contributed by atoms with Gasteiger partial charge >= 0.3 is 0 Å². The smallest absolute Gasteiger partial charge is 0.188 e. The molecule has 142 valence electrons. The number of thioether (sulfide) groups is 1. The molecule has 7 heteroatoms. The first-order chi connectivity index (χ1) is 12.1. The van der Waals surface area contributed by atoms with Gasteiger partial charge in [-0.15, -0.1) is 35.7 Å². The monoisotopic (exact) mass is 487 g/mol. The van der Waals surface area contributed by atoms with Gasteiger partial charge in [-0.05, 0) is 29.8 Å². The van der Waals surface area contributed by atoms with E-state index in [0.717, 1.165) is 12.1 Å². The van der Waals surface area contributed by atoms with Crippen molar-refractivity contribution in [2.24, 2.45) is 10.7 Å². The second-order valence-corrected chi connectivity index (χ2v) is 7.03. The van der Waals surface area contributed by atoms with Crippen molar-refractivity contribution in [3.8, 4) is 11.5 Å². The van der Waals surface area contributed by atoms with E-state index in [1.807, 2.05) is 36.4 Å². The second-order valence-electron chi connectivity index (χ2n) is 5.51. The SMILES string of the molecule is COc1ccc(CN=C(N)NCC(C)Sc2ccccc2)cc1OC.I. The van der Waals surface area contributed by atoms with Gasteiger partial charge in [0.1, 0.15) is 0 Å². The number of hydrogen-bond donors (Lipinski definition) is 2. The van der Waals surface area contributed by atoms with Crippen molar-refractivity contribution in [3.05, 3.63) is 54.1 Å². The molecule has 5 nitrogen and oxygen atoms in total. The molecule has 0 bridgehead atoms. The van der Waals surface area contributed by atoms with E-state index in [0.29, 0.717) is 29.3 Å². The Morgan fingerprint density at radius 3 is 2.46 bits per heavy atom. The van der Waals surface area contributed by atoms with Crippen LogP contribution in [0.5, 0.6) is 11.5 Å². The molecule has 1 unspecified atom stereocenters. The summed E-state index contributed by atoms with van der Waals surface area (Å²) in [5.41, 5.74) is 6.97. The van der Waals surface area contributed by atoms with Crippen LogP contribution in [0.4, 0.5) is 0 Å². The number of aliphatic imine (C=N–C) groups is 1. The lowest BCUT2D eigenvalue weighted by molar-refractivity contribution is 0.354. The predicted octanol–water partition coefficient (Wildman–Crippen LogP) is 3.91. The quantitative estimate of drug-likeness (QED) is 0.256. The van der Waals surface area contributed by atoms with Crippen molar-refractivity contribution in [2.75, 3.05) is 20.8 Å². The van der Waals surface area contributed by atoms with Gasteiger partial charge in [-0.3, -0.25) is 0 Å². The van der Waals surface area contributed by atoms with E-state index >= 15 is 0 Å². The number of guanidine groups is 1. The molecular weight excluding hydrogens is 461 g/mol. The molecule has 0 radical (unpaired) electrons. The largest absolute Gasteiger partial charge is 0.493 e. The zero-order valence-corrected chi connectivity index (χ0v) is 18.4. The third kappa shape index (κ3) is 7.33. The molecule has 26 heavy (non-hydrogen) atoms. The fourth-order valence-corrected chi connectivity index (χ4v) is 3.18. The molecule has 0 spiro atoms. The molecule has 3 N–H and O–H groups in total. The maximum atomic E-state index is 5.96. The highest BCUT2D eigenvalue weighted by molar-refractivity contribution is 14.0. The summed E-state index contributed by atoms with van der Waals surface area (Å²) in [5.74, 6) is 1.83. The maximum absolute atomic E-state index is 5.96. The average Bonchev–Trinajstić information content (AvgIpc) is 2.65. The number of ether oxygens (including phenoxy) is 2. The minimum absolute atomic E-state index is 0. The van der Waals surface area contributed by atoms with Gasteiger partial charge in [0, 0.05) is 16.7 Å².